The van der Waals surface area contributed by atoms with Crippen LogP contribution in [0.1, 0.15) is 52.4 Å². The highest BCUT2D eigenvalue weighted by atomic mass is 16.4. The average molecular weight is 499 g/mol. The second-order valence-corrected chi connectivity index (χ2v) is 8.68. The van der Waals surface area contributed by atoms with E-state index in [1.165, 1.54) is 4.90 Å². The number of carboxylic acids is 1. The molecule has 14 heteroatoms. The van der Waals surface area contributed by atoms with Crippen LogP contribution < -0.4 is 33.6 Å². The lowest BCUT2D eigenvalue weighted by molar-refractivity contribution is -0.144. The molecule has 5 atom stereocenters. The fourth-order valence-electron chi connectivity index (χ4n) is 3.71. The summed E-state index contributed by atoms with van der Waals surface area (Å²) in [6.45, 7) is 4.31. The molecule has 0 aromatic carbocycles. The van der Waals surface area contributed by atoms with Gasteiger partial charge in [0, 0.05) is 13.1 Å². The highest BCUT2D eigenvalue weighted by Gasteiger charge is 2.38. The molecule has 1 heterocycles. The van der Waals surface area contributed by atoms with Gasteiger partial charge in [0.2, 0.25) is 23.6 Å². The van der Waals surface area contributed by atoms with Gasteiger partial charge in [-0.1, -0.05) is 20.3 Å². The Labute approximate surface area is 204 Å². The molecule has 0 saturated carbocycles. The first kappa shape index (κ1) is 29.6. The van der Waals surface area contributed by atoms with E-state index < -0.39 is 54.3 Å². The van der Waals surface area contributed by atoms with Crippen molar-refractivity contribution < 1.29 is 29.1 Å². The van der Waals surface area contributed by atoms with Gasteiger partial charge in [0.15, 0.2) is 5.96 Å². The lowest BCUT2D eigenvalue weighted by Gasteiger charge is -2.30. The van der Waals surface area contributed by atoms with Crippen molar-refractivity contribution in [1.29, 1.82) is 0 Å². The van der Waals surface area contributed by atoms with Gasteiger partial charge in [-0.15, -0.1) is 0 Å². The topological polar surface area (TPSA) is 249 Å². The number of carboxylic acid groups (broad SMARTS) is 1. The maximum atomic E-state index is 13.1. The van der Waals surface area contributed by atoms with Gasteiger partial charge in [-0.3, -0.25) is 24.2 Å². The number of nitrogens with zero attached hydrogens (tertiary/aromatic N) is 2. The van der Waals surface area contributed by atoms with Crippen molar-refractivity contribution in [3.05, 3.63) is 0 Å². The van der Waals surface area contributed by atoms with Crippen LogP contribution >= 0.6 is 0 Å². The van der Waals surface area contributed by atoms with Crippen LogP contribution in [-0.4, -0.2) is 82.8 Å². The summed E-state index contributed by atoms with van der Waals surface area (Å²) in [6.07, 6.45) is 1.44. The van der Waals surface area contributed by atoms with Crippen LogP contribution in [0.25, 0.3) is 0 Å². The highest BCUT2D eigenvalue weighted by molar-refractivity contribution is 5.95. The number of guanidine groups is 1. The molecule has 0 aromatic heterocycles. The maximum Gasteiger partial charge on any atom is 0.326 e. The molecule has 198 valence electrons. The van der Waals surface area contributed by atoms with E-state index in [9.17, 15) is 29.1 Å². The van der Waals surface area contributed by atoms with Gasteiger partial charge in [0.05, 0.1) is 12.5 Å². The summed E-state index contributed by atoms with van der Waals surface area (Å²) in [7, 11) is 0. The number of amides is 4. The van der Waals surface area contributed by atoms with Crippen molar-refractivity contribution in [3.63, 3.8) is 0 Å². The van der Waals surface area contributed by atoms with E-state index in [0.717, 1.165) is 0 Å². The number of likely N-dealkylation sites (tertiary alicyclic amines) is 1. The third kappa shape index (κ3) is 9.39. The van der Waals surface area contributed by atoms with E-state index in [1.54, 1.807) is 0 Å². The van der Waals surface area contributed by atoms with Crippen LogP contribution in [0.4, 0.5) is 0 Å². The SMILES string of the molecule is CCC(C)C(N)C(=O)N1CCCC1C(=O)NC(CCCN=C(N)N)C(=O)NC(CC(N)=O)C(=O)O. The minimum atomic E-state index is -1.56. The molecule has 11 N–H and O–H groups in total. The van der Waals surface area contributed by atoms with Gasteiger partial charge in [-0.2, -0.15) is 0 Å². The Morgan fingerprint density at radius 2 is 1.77 bits per heavy atom. The zero-order valence-corrected chi connectivity index (χ0v) is 20.2. The normalized spacial score (nSPS) is 18.6. The largest absolute Gasteiger partial charge is 0.480 e. The van der Waals surface area contributed by atoms with Crippen molar-refractivity contribution >= 4 is 35.6 Å². The molecule has 1 aliphatic heterocycles. The molecule has 5 unspecified atom stereocenters. The first-order valence-corrected chi connectivity index (χ1v) is 11.6. The summed E-state index contributed by atoms with van der Waals surface area (Å²) in [4.78, 5) is 66.6. The molecule has 0 aromatic rings. The van der Waals surface area contributed by atoms with E-state index in [0.29, 0.717) is 25.8 Å². The predicted octanol–water partition coefficient (Wildman–Crippen LogP) is -2.67. The first-order chi connectivity index (χ1) is 16.4. The van der Waals surface area contributed by atoms with Crippen LogP contribution in [0.5, 0.6) is 0 Å². The zero-order chi connectivity index (χ0) is 26.7. The number of aliphatic carboxylic acids is 1. The Morgan fingerprint density at radius 3 is 2.31 bits per heavy atom. The summed E-state index contributed by atoms with van der Waals surface area (Å²) in [5.74, 6) is -4.28. The summed E-state index contributed by atoms with van der Waals surface area (Å²) < 4.78 is 0. The molecule has 14 nitrogen and oxygen atoms in total. The van der Waals surface area contributed by atoms with Crippen molar-refractivity contribution in [2.24, 2.45) is 33.8 Å². The molecular weight excluding hydrogens is 460 g/mol. The van der Waals surface area contributed by atoms with Crippen LogP contribution in [0.3, 0.4) is 0 Å². The second kappa shape index (κ2) is 14.1. The van der Waals surface area contributed by atoms with Crippen LogP contribution in [-0.2, 0) is 24.0 Å². The van der Waals surface area contributed by atoms with E-state index in [2.05, 4.69) is 15.6 Å². The van der Waals surface area contributed by atoms with E-state index >= 15 is 0 Å². The molecular formula is C21H38N8O6. The molecule has 0 radical (unpaired) electrons. The third-order valence-electron chi connectivity index (χ3n) is 5.98. The van der Waals surface area contributed by atoms with E-state index in [1.807, 2.05) is 13.8 Å². The summed E-state index contributed by atoms with van der Waals surface area (Å²) in [5.41, 5.74) is 21.7. The average Bonchev–Trinajstić information content (AvgIpc) is 3.28. The molecule has 0 bridgehead atoms. The molecule has 35 heavy (non-hydrogen) atoms. The van der Waals surface area contributed by atoms with Crippen LogP contribution in [0.15, 0.2) is 4.99 Å². The molecule has 1 fully saturated rings. The Hall–Kier alpha value is -3.42. The minimum absolute atomic E-state index is 0.0703. The minimum Gasteiger partial charge on any atom is -0.480 e. The van der Waals surface area contributed by atoms with Gasteiger partial charge in [0.1, 0.15) is 18.1 Å². The third-order valence-corrected chi connectivity index (χ3v) is 5.98. The number of nitrogens with one attached hydrogen (secondary N) is 2. The summed E-state index contributed by atoms with van der Waals surface area (Å²) in [5, 5.41) is 14.1. The van der Waals surface area contributed by atoms with Crippen molar-refractivity contribution in [2.75, 3.05) is 13.1 Å². The van der Waals surface area contributed by atoms with Crippen LogP contribution in [0, 0.1) is 5.92 Å². The monoisotopic (exact) mass is 498 g/mol. The van der Waals surface area contributed by atoms with Gasteiger partial charge in [-0.05, 0) is 31.6 Å². The number of hydrogen-bond donors (Lipinski definition) is 7. The van der Waals surface area contributed by atoms with Crippen LogP contribution in [0.2, 0.25) is 0 Å². The number of rotatable bonds is 14. The lowest BCUT2D eigenvalue weighted by atomic mass is 9.98. The molecule has 1 aliphatic rings. The smallest absolute Gasteiger partial charge is 0.326 e. The van der Waals surface area contributed by atoms with Gasteiger partial charge in [-0.25, -0.2) is 4.79 Å². The first-order valence-electron chi connectivity index (χ1n) is 11.6. The molecule has 1 rings (SSSR count). The van der Waals surface area contributed by atoms with Crippen molar-refractivity contribution in [1.82, 2.24) is 15.5 Å². The predicted molar refractivity (Wildman–Crippen MR) is 127 cm³/mol. The number of primary amides is 1. The number of aliphatic imine (C=N–C) groups is 1. The fourth-order valence-corrected chi connectivity index (χ4v) is 3.71. The Morgan fingerprint density at radius 1 is 1.11 bits per heavy atom. The molecule has 1 saturated heterocycles. The quantitative estimate of drug-likeness (QED) is 0.0748. The highest BCUT2D eigenvalue weighted by Crippen LogP contribution is 2.21. The maximum absolute atomic E-state index is 13.1. The van der Waals surface area contributed by atoms with Crippen molar-refractivity contribution in [2.45, 2.75) is 76.5 Å². The van der Waals surface area contributed by atoms with E-state index in [-0.39, 0.29) is 37.2 Å². The molecule has 0 aliphatic carbocycles. The van der Waals surface area contributed by atoms with Gasteiger partial charge >= 0.3 is 5.97 Å². The van der Waals surface area contributed by atoms with E-state index in [4.69, 9.17) is 22.9 Å². The second-order valence-electron chi connectivity index (χ2n) is 8.68. The number of carbonyl (C=O) groups excluding carboxylic acids is 4. The van der Waals surface area contributed by atoms with Gasteiger partial charge < -0.3 is 43.6 Å². The number of carbonyl (C=O) groups is 5. The zero-order valence-electron chi connectivity index (χ0n) is 20.2. The lowest BCUT2D eigenvalue weighted by Crippen LogP contribution is -2.57. The standard InChI is InChI=1S/C21H38N8O6/c1-3-11(2)16(23)19(33)29-9-5-7-14(29)18(32)27-12(6-4-8-26-21(24)25)17(31)28-13(20(34)35)10-15(22)30/h11-14,16H,3-10,23H2,1-2H3,(H2,22,30)(H,27,32)(H,28,31)(H,34,35)(H4,24,25,26). The van der Waals surface area contributed by atoms with Crippen molar-refractivity contribution in [3.8, 4) is 0 Å². The Kier molecular flexibility index (Phi) is 11.9. The fraction of sp³-hybridized carbons (Fsp3) is 0.714. The van der Waals surface area contributed by atoms with Gasteiger partial charge in [0.25, 0.3) is 0 Å². The number of nitrogens with two attached hydrogens (primary N) is 4. The number of hydrogen-bond acceptors (Lipinski definition) is 7. The summed E-state index contributed by atoms with van der Waals surface area (Å²) in [6, 6.07) is -4.29. The Balaban J connectivity index is 2.99. The molecule has 4 amide bonds. The Bertz CT molecular complexity index is 816. The molecule has 0 spiro atoms. The summed E-state index contributed by atoms with van der Waals surface area (Å²) >= 11 is 0.